The van der Waals surface area contributed by atoms with Crippen LogP contribution in [0, 0.1) is 0 Å². The summed E-state index contributed by atoms with van der Waals surface area (Å²) in [4.78, 5) is 13.3. The molecule has 0 saturated carbocycles. The Kier molecular flexibility index (Phi) is 5.84. The van der Waals surface area contributed by atoms with E-state index in [1.807, 2.05) is 78.9 Å². The lowest BCUT2D eigenvalue weighted by Gasteiger charge is -2.12. The van der Waals surface area contributed by atoms with Crippen molar-refractivity contribution < 1.29 is 4.74 Å². The van der Waals surface area contributed by atoms with Gasteiger partial charge in [0, 0.05) is 33.4 Å². The second-order valence-corrected chi connectivity index (χ2v) is 8.10. The van der Waals surface area contributed by atoms with E-state index in [1.165, 1.54) is 0 Å². The predicted octanol–water partition coefficient (Wildman–Crippen LogP) is 5.83. The van der Waals surface area contributed by atoms with Crippen LogP contribution in [-0.2, 0) is 6.61 Å². The quantitative estimate of drug-likeness (QED) is 0.287. The highest BCUT2D eigenvalue weighted by Crippen LogP contribution is 2.30. The monoisotopic (exact) mass is 468 g/mol. The highest BCUT2D eigenvalue weighted by molar-refractivity contribution is 6.30. The Balaban J connectivity index is 1.39. The first-order chi connectivity index (χ1) is 16.5. The summed E-state index contributed by atoms with van der Waals surface area (Å²) in [6, 6.07) is 26.4. The highest BCUT2D eigenvalue weighted by Gasteiger charge is 2.09. The number of halogens is 1. The SMILES string of the molecule is Nc1nc(COc2ccccc2)cc(Nc2ccc3nc(-c4cccc(Cl)c4)cc(N)c3c2)n1. The Bertz CT molecular complexity index is 1480. The maximum atomic E-state index is 6.37. The third kappa shape index (κ3) is 4.84. The van der Waals surface area contributed by atoms with Crippen LogP contribution in [0.2, 0.25) is 5.02 Å². The zero-order chi connectivity index (χ0) is 23.5. The molecule has 0 amide bonds. The Labute approximate surface area is 201 Å². The second kappa shape index (κ2) is 9.25. The van der Waals surface area contributed by atoms with Gasteiger partial charge in [0.2, 0.25) is 5.95 Å². The van der Waals surface area contributed by atoms with Crippen molar-refractivity contribution in [1.82, 2.24) is 15.0 Å². The average molecular weight is 469 g/mol. The number of nitrogens with zero attached hydrogens (tertiary/aromatic N) is 3. The van der Waals surface area contributed by atoms with Gasteiger partial charge < -0.3 is 21.5 Å². The summed E-state index contributed by atoms with van der Waals surface area (Å²) in [6.45, 7) is 0.270. The summed E-state index contributed by atoms with van der Waals surface area (Å²) >= 11 is 6.13. The van der Waals surface area contributed by atoms with Crippen LogP contribution in [0.5, 0.6) is 5.75 Å². The minimum atomic E-state index is 0.157. The number of benzene rings is 3. The van der Waals surface area contributed by atoms with Gasteiger partial charge in [-0.15, -0.1) is 0 Å². The molecule has 168 valence electrons. The largest absolute Gasteiger partial charge is 0.487 e. The van der Waals surface area contributed by atoms with Gasteiger partial charge in [0.1, 0.15) is 18.2 Å². The highest BCUT2D eigenvalue weighted by atomic mass is 35.5. The molecular weight excluding hydrogens is 448 g/mol. The van der Waals surface area contributed by atoms with Gasteiger partial charge in [-0.1, -0.05) is 41.9 Å². The van der Waals surface area contributed by atoms with E-state index in [1.54, 1.807) is 6.07 Å². The van der Waals surface area contributed by atoms with Crippen LogP contribution in [0.25, 0.3) is 22.2 Å². The minimum absolute atomic E-state index is 0.157. The second-order valence-electron chi connectivity index (χ2n) is 7.67. The summed E-state index contributed by atoms with van der Waals surface area (Å²) < 4.78 is 5.77. The molecule has 5 N–H and O–H groups in total. The van der Waals surface area contributed by atoms with Crippen LogP contribution in [0.1, 0.15) is 5.69 Å². The number of pyridine rings is 1. The van der Waals surface area contributed by atoms with Crippen molar-refractivity contribution in [3.05, 3.63) is 95.6 Å². The molecule has 7 nitrogen and oxygen atoms in total. The zero-order valence-corrected chi connectivity index (χ0v) is 18.8. The molecule has 8 heteroatoms. The van der Waals surface area contributed by atoms with Crippen LogP contribution in [0.3, 0.4) is 0 Å². The normalized spacial score (nSPS) is 10.9. The van der Waals surface area contributed by atoms with Crippen molar-refractivity contribution in [2.45, 2.75) is 6.61 Å². The summed E-state index contributed by atoms with van der Waals surface area (Å²) in [5, 5.41) is 4.74. The van der Waals surface area contributed by atoms with Crippen LogP contribution in [0.4, 0.5) is 23.1 Å². The molecular formula is C26H21ClN6O. The Morgan fingerprint density at radius 2 is 1.68 bits per heavy atom. The fraction of sp³-hybridized carbons (Fsp3) is 0.0385. The topological polar surface area (TPSA) is 112 Å². The van der Waals surface area contributed by atoms with Crippen LogP contribution in [-0.4, -0.2) is 15.0 Å². The first kappa shape index (κ1) is 21.5. The zero-order valence-electron chi connectivity index (χ0n) is 18.1. The molecule has 0 atom stereocenters. The maximum absolute atomic E-state index is 6.37. The van der Waals surface area contributed by atoms with E-state index in [4.69, 9.17) is 32.8 Å². The summed E-state index contributed by atoms with van der Waals surface area (Å²) in [5.74, 6) is 1.47. The van der Waals surface area contributed by atoms with Gasteiger partial charge in [0.15, 0.2) is 0 Å². The molecule has 34 heavy (non-hydrogen) atoms. The van der Waals surface area contributed by atoms with E-state index >= 15 is 0 Å². The molecule has 2 aromatic heterocycles. The van der Waals surface area contributed by atoms with Crippen LogP contribution >= 0.6 is 11.6 Å². The number of aromatic nitrogens is 3. The van der Waals surface area contributed by atoms with E-state index in [9.17, 15) is 0 Å². The third-order valence-corrected chi connectivity index (χ3v) is 5.39. The lowest BCUT2D eigenvalue weighted by atomic mass is 10.1. The number of rotatable bonds is 6. The molecule has 0 spiro atoms. The Morgan fingerprint density at radius 1 is 0.824 bits per heavy atom. The fourth-order valence-electron chi connectivity index (χ4n) is 3.60. The molecule has 0 radical (unpaired) electrons. The molecule has 0 aliphatic heterocycles. The number of hydrogen-bond acceptors (Lipinski definition) is 7. The Hall–Kier alpha value is -4.36. The van der Waals surface area contributed by atoms with Crippen molar-refractivity contribution in [3.8, 4) is 17.0 Å². The number of fused-ring (bicyclic) bond motifs is 1. The van der Waals surface area contributed by atoms with E-state index in [-0.39, 0.29) is 12.6 Å². The van der Waals surface area contributed by atoms with Gasteiger partial charge in [0.05, 0.1) is 16.9 Å². The van der Waals surface area contributed by atoms with Crippen molar-refractivity contribution in [2.24, 2.45) is 0 Å². The number of nitrogens with one attached hydrogen (secondary N) is 1. The van der Waals surface area contributed by atoms with Gasteiger partial charge >= 0.3 is 0 Å². The van der Waals surface area contributed by atoms with Crippen molar-refractivity contribution in [3.63, 3.8) is 0 Å². The molecule has 5 aromatic rings. The lowest BCUT2D eigenvalue weighted by Crippen LogP contribution is -2.06. The molecule has 0 fully saturated rings. The summed E-state index contributed by atoms with van der Waals surface area (Å²) in [6.07, 6.45) is 0. The molecule has 0 unspecified atom stereocenters. The van der Waals surface area contributed by atoms with Crippen LogP contribution in [0.15, 0.2) is 84.9 Å². The standard InChI is InChI=1S/C26H21ClN6O/c27-17-6-4-5-16(11-17)24-14-22(28)21-12-18(9-10-23(21)32-24)30-25-13-19(31-26(29)33-25)15-34-20-7-2-1-3-8-20/h1-14H,15H2,(H2,28,32)(H3,29,30,31,33). The number of para-hydroxylation sites is 1. The third-order valence-electron chi connectivity index (χ3n) is 5.16. The minimum Gasteiger partial charge on any atom is -0.487 e. The number of ether oxygens (including phenoxy) is 1. The van der Waals surface area contributed by atoms with Gasteiger partial charge in [-0.3, -0.25) is 0 Å². The molecule has 0 aliphatic carbocycles. The van der Waals surface area contributed by atoms with Gasteiger partial charge in [-0.2, -0.15) is 4.98 Å². The van der Waals surface area contributed by atoms with E-state index in [0.29, 0.717) is 22.2 Å². The van der Waals surface area contributed by atoms with Gasteiger partial charge in [-0.25, -0.2) is 9.97 Å². The summed E-state index contributed by atoms with van der Waals surface area (Å²) in [5.41, 5.74) is 16.8. The number of anilines is 4. The molecule has 0 aliphatic rings. The molecule has 5 rings (SSSR count). The summed E-state index contributed by atoms with van der Waals surface area (Å²) in [7, 11) is 0. The van der Waals surface area contributed by atoms with Crippen molar-refractivity contribution >= 4 is 45.6 Å². The molecule has 2 heterocycles. The van der Waals surface area contributed by atoms with Gasteiger partial charge in [0.25, 0.3) is 0 Å². The predicted molar refractivity (Wildman–Crippen MR) is 137 cm³/mol. The lowest BCUT2D eigenvalue weighted by molar-refractivity contribution is 0.301. The first-order valence-electron chi connectivity index (χ1n) is 10.6. The van der Waals surface area contributed by atoms with E-state index < -0.39 is 0 Å². The number of nitrogens with two attached hydrogens (primary N) is 2. The Morgan fingerprint density at radius 3 is 2.50 bits per heavy atom. The molecule has 0 bridgehead atoms. The van der Waals surface area contributed by atoms with Crippen molar-refractivity contribution in [2.75, 3.05) is 16.8 Å². The first-order valence-corrected chi connectivity index (χ1v) is 11.0. The number of nitrogen functional groups attached to an aromatic ring is 2. The van der Waals surface area contributed by atoms with Gasteiger partial charge in [-0.05, 0) is 48.5 Å². The number of hydrogen-bond donors (Lipinski definition) is 3. The van der Waals surface area contributed by atoms with Crippen molar-refractivity contribution in [1.29, 1.82) is 0 Å². The molecule has 3 aromatic carbocycles. The van der Waals surface area contributed by atoms with Crippen LogP contribution < -0.4 is 21.5 Å². The smallest absolute Gasteiger partial charge is 0.222 e. The fourth-order valence-corrected chi connectivity index (χ4v) is 3.79. The van der Waals surface area contributed by atoms with E-state index in [0.717, 1.165) is 33.6 Å². The molecule has 0 saturated heterocycles. The van der Waals surface area contributed by atoms with E-state index in [2.05, 4.69) is 15.3 Å². The maximum Gasteiger partial charge on any atom is 0.222 e. The average Bonchev–Trinajstić information content (AvgIpc) is 2.83.